The van der Waals surface area contributed by atoms with E-state index < -0.39 is 11.2 Å². The second-order valence-electron chi connectivity index (χ2n) is 6.92. The van der Waals surface area contributed by atoms with Gasteiger partial charge in [0.15, 0.2) is 0 Å². The molecule has 162 valence electrons. The van der Waals surface area contributed by atoms with E-state index in [0.717, 1.165) is 10.5 Å². The molecule has 0 spiro atoms. The van der Waals surface area contributed by atoms with Crippen molar-refractivity contribution in [3.63, 3.8) is 0 Å². The zero-order valence-corrected chi connectivity index (χ0v) is 18.3. The normalized spacial score (nSPS) is 11.7. The van der Waals surface area contributed by atoms with Gasteiger partial charge in [0.05, 0.1) is 16.5 Å². The number of benzene rings is 3. The van der Waals surface area contributed by atoms with Crippen LogP contribution in [0.15, 0.2) is 89.8 Å². The van der Waals surface area contributed by atoms with Crippen molar-refractivity contribution in [2.75, 3.05) is 10.6 Å². The number of carbonyl (C=O) groups excluding carboxylic acids is 3. The topological polar surface area (TPSA) is 101 Å². The number of carbonyl (C=O) groups is 3. The summed E-state index contributed by atoms with van der Waals surface area (Å²) in [4.78, 5) is 37.2. The number of amides is 3. The van der Waals surface area contributed by atoms with Crippen molar-refractivity contribution >= 4 is 46.9 Å². The third-order valence-corrected chi connectivity index (χ3v) is 5.55. The predicted molar refractivity (Wildman–Crippen MR) is 129 cm³/mol. The molecule has 0 fully saturated rings. The molecule has 0 aromatic heterocycles. The average Bonchev–Trinajstić information content (AvgIpc) is 2.79. The van der Waals surface area contributed by atoms with E-state index in [9.17, 15) is 14.4 Å². The van der Waals surface area contributed by atoms with E-state index in [0.29, 0.717) is 11.4 Å². The molecule has 0 radical (unpaired) electrons. The molecule has 1 atom stereocenters. The first-order chi connectivity index (χ1) is 15.4. The number of primary amides is 1. The van der Waals surface area contributed by atoms with Crippen LogP contribution in [0.5, 0.6) is 0 Å². The summed E-state index contributed by atoms with van der Waals surface area (Å²) in [6.45, 7) is 1.76. The molecule has 3 amide bonds. The predicted octanol–water partition coefficient (Wildman–Crippen LogP) is 4.56. The number of rotatable bonds is 8. The van der Waals surface area contributed by atoms with Crippen LogP contribution in [0.1, 0.15) is 22.8 Å². The second-order valence-corrected chi connectivity index (χ2v) is 8.33. The van der Waals surface area contributed by atoms with Crippen LogP contribution in [0.25, 0.3) is 6.08 Å². The minimum atomic E-state index is -0.606. The van der Waals surface area contributed by atoms with E-state index in [1.807, 2.05) is 42.5 Å². The highest BCUT2D eigenvalue weighted by Gasteiger charge is 2.17. The molecule has 0 aliphatic heterocycles. The Bertz CT molecular complexity index is 1150. The highest BCUT2D eigenvalue weighted by molar-refractivity contribution is 8.00. The highest BCUT2D eigenvalue weighted by atomic mass is 32.2. The van der Waals surface area contributed by atoms with Crippen molar-refractivity contribution in [1.82, 2.24) is 0 Å². The van der Waals surface area contributed by atoms with Gasteiger partial charge in [0.1, 0.15) is 0 Å². The Kier molecular flexibility index (Phi) is 7.83. The van der Waals surface area contributed by atoms with Crippen molar-refractivity contribution in [2.45, 2.75) is 17.1 Å². The zero-order valence-electron chi connectivity index (χ0n) is 17.4. The van der Waals surface area contributed by atoms with Crippen molar-refractivity contribution in [3.05, 3.63) is 96.1 Å². The van der Waals surface area contributed by atoms with E-state index in [-0.39, 0.29) is 17.4 Å². The van der Waals surface area contributed by atoms with Gasteiger partial charge in [-0.25, -0.2) is 0 Å². The summed E-state index contributed by atoms with van der Waals surface area (Å²) in [6, 6.07) is 23.4. The van der Waals surface area contributed by atoms with Crippen LogP contribution in [0, 0.1) is 0 Å². The lowest BCUT2D eigenvalue weighted by molar-refractivity contribution is -0.115. The Labute approximate surface area is 190 Å². The number of thioether (sulfide) groups is 1. The molecule has 4 N–H and O–H groups in total. The zero-order chi connectivity index (χ0) is 22.9. The van der Waals surface area contributed by atoms with Crippen LogP contribution in [-0.2, 0) is 9.59 Å². The minimum absolute atomic E-state index is 0.246. The second kappa shape index (κ2) is 11.0. The highest BCUT2D eigenvalue weighted by Crippen LogP contribution is 2.27. The number of anilines is 2. The number of para-hydroxylation sites is 1. The quantitative estimate of drug-likeness (QED) is 0.349. The molecular formula is C25H23N3O3S. The van der Waals surface area contributed by atoms with Crippen LogP contribution >= 0.6 is 11.8 Å². The van der Waals surface area contributed by atoms with Crippen molar-refractivity contribution < 1.29 is 14.4 Å². The van der Waals surface area contributed by atoms with Gasteiger partial charge in [-0.05, 0) is 48.9 Å². The fourth-order valence-corrected chi connectivity index (χ4v) is 3.79. The SMILES string of the molecule is CC(Sc1cccc(NC(=O)/C=C/c2ccccc2)c1)C(=O)Nc1ccccc1C(N)=O. The molecule has 3 rings (SSSR count). The summed E-state index contributed by atoms with van der Waals surface area (Å²) >= 11 is 1.34. The number of nitrogens with one attached hydrogen (secondary N) is 2. The van der Waals surface area contributed by atoms with Gasteiger partial charge in [-0.3, -0.25) is 14.4 Å². The van der Waals surface area contributed by atoms with E-state index >= 15 is 0 Å². The lowest BCUT2D eigenvalue weighted by atomic mass is 10.1. The monoisotopic (exact) mass is 445 g/mol. The fourth-order valence-electron chi connectivity index (χ4n) is 2.87. The van der Waals surface area contributed by atoms with Crippen molar-refractivity contribution in [1.29, 1.82) is 0 Å². The summed E-state index contributed by atoms with van der Waals surface area (Å²) in [6.07, 6.45) is 3.21. The van der Waals surface area contributed by atoms with Crippen LogP contribution in [-0.4, -0.2) is 23.0 Å². The summed E-state index contributed by atoms with van der Waals surface area (Å²) in [5, 5.41) is 5.13. The van der Waals surface area contributed by atoms with Gasteiger partial charge in [-0.2, -0.15) is 0 Å². The fraction of sp³-hybridized carbons (Fsp3) is 0.0800. The van der Waals surface area contributed by atoms with Gasteiger partial charge in [0.25, 0.3) is 5.91 Å². The van der Waals surface area contributed by atoms with Gasteiger partial charge in [-0.15, -0.1) is 11.8 Å². The Morgan fingerprint density at radius 1 is 0.906 bits per heavy atom. The van der Waals surface area contributed by atoms with Gasteiger partial charge in [0, 0.05) is 16.7 Å². The summed E-state index contributed by atoms with van der Waals surface area (Å²) < 4.78 is 0. The maximum absolute atomic E-state index is 12.6. The maximum atomic E-state index is 12.6. The Balaban J connectivity index is 1.60. The molecule has 6 nitrogen and oxygen atoms in total. The molecule has 0 aliphatic rings. The molecule has 3 aromatic rings. The van der Waals surface area contributed by atoms with Gasteiger partial charge < -0.3 is 16.4 Å². The summed E-state index contributed by atoms with van der Waals surface area (Å²) in [7, 11) is 0. The Morgan fingerprint density at radius 2 is 1.62 bits per heavy atom. The third kappa shape index (κ3) is 6.58. The minimum Gasteiger partial charge on any atom is -0.366 e. The van der Waals surface area contributed by atoms with Crippen molar-refractivity contribution in [2.24, 2.45) is 5.73 Å². The first-order valence-corrected chi connectivity index (χ1v) is 10.8. The number of hydrogen-bond acceptors (Lipinski definition) is 4. The third-order valence-electron chi connectivity index (χ3n) is 4.46. The average molecular weight is 446 g/mol. The van der Waals surface area contributed by atoms with E-state index in [4.69, 9.17) is 5.73 Å². The van der Waals surface area contributed by atoms with E-state index in [1.54, 1.807) is 49.4 Å². The molecule has 0 heterocycles. The standard InChI is InChI=1S/C25H23N3O3S/c1-17(25(31)28-22-13-6-5-12-21(22)24(26)30)32-20-11-7-10-19(16-20)27-23(29)15-14-18-8-3-2-4-9-18/h2-17H,1H3,(H2,26,30)(H,27,29)(H,28,31)/b15-14+. The van der Waals surface area contributed by atoms with Gasteiger partial charge in [-0.1, -0.05) is 48.5 Å². The Hall–Kier alpha value is -3.84. The summed E-state index contributed by atoms with van der Waals surface area (Å²) in [5.41, 5.74) is 7.56. The molecule has 32 heavy (non-hydrogen) atoms. The molecular weight excluding hydrogens is 422 g/mol. The van der Waals surface area contributed by atoms with Crippen LogP contribution in [0.3, 0.4) is 0 Å². The molecule has 0 bridgehead atoms. The summed E-state index contributed by atoms with van der Waals surface area (Å²) in [5.74, 6) is -1.11. The van der Waals surface area contributed by atoms with E-state index in [1.165, 1.54) is 17.8 Å². The maximum Gasteiger partial charge on any atom is 0.250 e. The van der Waals surface area contributed by atoms with Crippen molar-refractivity contribution in [3.8, 4) is 0 Å². The Morgan fingerprint density at radius 3 is 2.38 bits per heavy atom. The number of nitrogens with two attached hydrogens (primary N) is 1. The molecule has 1 unspecified atom stereocenters. The van der Waals surface area contributed by atoms with E-state index in [2.05, 4.69) is 10.6 Å². The van der Waals surface area contributed by atoms with Crippen LogP contribution in [0.2, 0.25) is 0 Å². The van der Waals surface area contributed by atoms with Crippen LogP contribution in [0.4, 0.5) is 11.4 Å². The lowest BCUT2D eigenvalue weighted by Gasteiger charge is -2.14. The molecule has 7 heteroatoms. The first kappa shape index (κ1) is 22.8. The van der Waals surface area contributed by atoms with Crippen LogP contribution < -0.4 is 16.4 Å². The molecule has 0 aliphatic carbocycles. The first-order valence-electron chi connectivity index (χ1n) is 9.93. The largest absolute Gasteiger partial charge is 0.366 e. The molecule has 3 aromatic carbocycles. The van der Waals surface area contributed by atoms with Gasteiger partial charge >= 0.3 is 0 Å². The lowest BCUT2D eigenvalue weighted by Crippen LogP contribution is -2.24. The van der Waals surface area contributed by atoms with Gasteiger partial charge in [0.2, 0.25) is 11.8 Å². The smallest absolute Gasteiger partial charge is 0.250 e. The molecule has 0 saturated heterocycles. The number of hydrogen-bond donors (Lipinski definition) is 3. The molecule has 0 saturated carbocycles.